The molecule has 3 N–H and O–H groups in total. The number of carbonyl (C=O) groups is 1. The number of hydrogen-bond donors (Lipinski definition) is 2. The Kier molecular flexibility index (Phi) is 3.93. The Hall–Kier alpha value is -0.570. The SMILES string of the molecule is CCCNC(=O)C1(C)CCCCC1N. The van der Waals surface area contributed by atoms with Crippen LogP contribution in [-0.2, 0) is 4.79 Å². The minimum Gasteiger partial charge on any atom is -0.356 e. The number of hydrogen-bond acceptors (Lipinski definition) is 2. The Morgan fingerprint density at radius 2 is 2.29 bits per heavy atom. The Balaban J connectivity index is 2.57. The maximum absolute atomic E-state index is 11.9. The average Bonchev–Trinajstić information content (AvgIpc) is 2.19. The summed E-state index contributed by atoms with van der Waals surface area (Å²) in [6.07, 6.45) is 5.19. The summed E-state index contributed by atoms with van der Waals surface area (Å²) in [5, 5.41) is 2.95. The highest BCUT2D eigenvalue weighted by molar-refractivity contribution is 5.83. The summed E-state index contributed by atoms with van der Waals surface area (Å²) >= 11 is 0. The summed E-state index contributed by atoms with van der Waals surface area (Å²) in [5.41, 5.74) is 5.70. The molecule has 2 atom stereocenters. The molecule has 14 heavy (non-hydrogen) atoms. The van der Waals surface area contributed by atoms with E-state index in [1.54, 1.807) is 0 Å². The Bertz CT molecular complexity index is 205. The third kappa shape index (κ3) is 2.27. The van der Waals surface area contributed by atoms with Crippen molar-refractivity contribution < 1.29 is 4.79 Å². The lowest BCUT2D eigenvalue weighted by molar-refractivity contribution is -0.132. The smallest absolute Gasteiger partial charge is 0.227 e. The number of rotatable bonds is 3. The lowest BCUT2D eigenvalue weighted by atomic mass is 9.71. The minimum atomic E-state index is -0.326. The first kappa shape index (κ1) is 11.5. The molecule has 0 aliphatic heterocycles. The number of nitrogens with two attached hydrogens (primary N) is 1. The van der Waals surface area contributed by atoms with Crippen LogP contribution < -0.4 is 11.1 Å². The third-order valence-corrected chi connectivity index (χ3v) is 3.33. The third-order valence-electron chi connectivity index (χ3n) is 3.33. The molecule has 1 aliphatic rings. The molecule has 0 radical (unpaired) electrons. The molecule has 1 aliphatic carbocycles. The van der Waals surface area contributed by atoms with E-state index in [1.165, 1.54) is 0 Å². The molecule has 0 spiro atoms. The number of carbonyl (C=O) groups excluding carboxylic acids is 1. The predicted octanol–water partition coefficient (Wildman–Crippen LogP) is 1.42. The van der Waals surface area contributed by atoms with Crippen LogP contribution in [0, 0.1) is 5.41 Å². The van der Waals surface area contributed by atoms with Gasteiger partial charge in [-0.05, 0) is 26.2 Å². The maximum Gasteiger partial charge on any atom is 0.227 e. The van der Waals surface area contributed by atoms with Crippen molar-refractivity contribution in [3.8, 4) is 0 Å². The van der Waals surface area contributed by atoms with Gasteiger partial charge in [0.1, 0.15) is 0 Å². The van der Waals surface area contributed by atoms with Gasteiger partial charge in [0, 0.05) is 12.6 Å². The van der Waals surface area contributed by atoms with E-state index in [0.717, 1.165) is 38.6 Å². The van der Waals surface area contributed by atoms with E-state index in [-0.39, 0.29) is 17.4 Å². The van der Waals surface area contributed by atoms with Gasteiger partial charge in [-0.25, -0.2) is 0 Å². The largest absolute Gasteiger partial charge is 0.356 e. The standard InChI is InChI=1S/C11H22N2O/c1-3-8-13-10(14)11(2)7-5-4-6-9(11)12/h9H,3-8,12H2,1-2H3,(H,13,14). The second kappa shape index (κ2) is 4.78. The zero-order valence-corrected chi connectivity index (χ0v) is 9.31. The molecule has 0 aromatic rings. The van der Waals surface area contributed by atoms with Gasteiger partial charge >= 0.3 is 0 Å². The van der Waals surface area contributed by atoms with Crippen molar-refractivity contribution in [2.45, 2.75) is 52.0 Å². The highest BCUT2D eigenvalue weighted by atomic mass is 16.2. The zero-order chi connectivity index (χ0) is 10.6. The van der Waals surface area contributed by atoms with Gasteiger partial charge in [0.25, 0.3) is 0 Å². The zero-order valence-electron chi connectivity index (χ0n) is 9.31. The number of amides is 1. The van der Waals surface area contributed by atoms with Crippen molar-refractivity contribution in [2.75, 3.05) is 6.54 Å². The summed E-state index contributed by atoms with van der Waals surface area (Å²) < 4.78 is 0. The van der Waals surface area contributed by atoms with Gasteiger partial charge in [0.05, 0.1) is 5.41 Å². The van der Waals surface area contributed by atoms with Crippen molar-refractivity contribution >= 4 is 5.91 Å². The molecule has 0 heterocycles. The number of nitrogens with one attached hydrogen (secondary N) is 1. The molecule has 0 aromatic carbocycles. The summed E-state index contributed by atoms with van der Waals surface area (Å²) in [7, 11) is 0. The highest BCUT2D eigenvalue weighted by Gasteiger charge is 2.40. The van der Waals surface area contributed by atoms with Gasteiger partial charge < -0.3 is 11.1 Å². The second-order valence-electron chi connectivity index (χ2n) is 4.53. The van der Waals surface area contributed by atoms with Crippen LogP contribution in [0.25, 0.3) is 0 Å². The topological polar surface area (TPSA) is 55.1 Å². The van der Waals surface area contributed by atoms with Crippen molar-refractivity contribution in [3.63, 3.8) is 0 Å². The molecule has 0 aromatic heterocycles. The first-order chi connectivity index (χ1) is 6.61. The van der Waals surface area contributed by atoms with Crippen LogP contribution in [0.15, 0.2) is 0 Å². The van der Waals surface area contributed by atoms with Crippen molar-refractivity contribution in [1.29, 1.82) is 0 Å². The van der Waals surface area contributed by atoms with Crippen LogP contribution in [0.2, 0.25) is 0 Å². The van der Waals surface area contributed by atoms with Crippen molar-refractivity contribution in [2.24, 2.45) is 11.1 Å². The highest BCUT2D eigenvalue weighted by Crippen LogP contribution is 2.34. The molecule has 1 saturated carbocycles. The quantitative estimate of drug-likeness (QED) is 0.720. The van der Waals surface area contributed by atoms with E-state index >= 15 is 0 Å². The molecule has 1 fully saturated rings. The van der Waals surface area contributed by atoms with E-state index in [2.05, 4.69) is 12.2 Å². The van der Waals surface area contributed by atoms with Gasteiger partial charge in [-0.15, -0.1) is 0 Å². The molecule has 3 nitrogen and oxygen atoms in total. The lowest BCUT2D eigenvalue weighted by Gasteiger charge is -2.37. The molecule has 82 valence electrons. The summed E-state index contributed by atoms with van der Waals surface area (Å²) in [6.45, 7) is 4.83. The molecular formula is C11H22N2O. The van der Waals surface area contributed by atoms with Crippen LogP contribution in [0.4, 0.5) is 0 Å². The van der Waals surface area contributed by atoms with Gasteiger partial charge in [0.2, 0.25) is 5.91 Å². The van der Waals surface area contributed by atoms with E-state index in [1.807, 2.05) is 6.92 Å². The molecule has 0 bridgehead atoms. The Labute approximate surface area is 86.4 Å². The monoisotopic (exact) mass is 198 g/mol. The fourth-order valence-corrected chi connectivity index (χ4v) is 2.08. The van der Waals surface area contributed by atoms with Gasteiger partial charge in [-0.2, -0.15) is 0 Å². The molecule has 1 amide bonds. The first-order valence-corrected chi connectivity index (χ1v) is 5.65. The molecular weight excluding hydrogens is 176 g/mol. The minimum absolute atomic E-state index is 0.0353. The second-order valence-corrected chi connectivity index (χ2v) is 4.53. The van der Waals surface area contributed by atoms with Gasteiger partial charge in [-0.1, -0.05) is 19.8 Å². The molecule has 2 unspecified atom stereocenters. The van der Waals surface area contributed by atoms with Crippen LogP contribution in [0.5, 0.6) is 0 Å². The Morgan fingerprint density at radius 3 is 2.86 bits per heavy atom. The predicted molar refractivity (Wildman–Crippen MR) is 57.9 cm³/mol. The fraction of sp³-hybridized carbons (Fsp3) is 0.909. The van der Waals surface area contributed by atoms with Gasteiger partial charge in [-0.3, -0.25) is 4.79 Å². The van der Waals surface area contributed by atoms with E-state index in [4.69, 9.17) is 5.73 Å². The van der Waals surface area contributed by atoms with Gasteiger partial charge in [0.15, 0.2) is 0 Å². The molecule has 0 saturated heterocycles. The Morgan fingerprint density at radius 1 is 1.57 bits per heavy atom. The normalized spacial score (nSPS) is 32.6. The van der Waals surface area contributed by atoms with E-state index in [9.17, 15) is 4.79 Å². The van der Waals surface area contributed by atoms with Crippen LogP contribution in [0.1, 0.15) is 46.0 Å². The fourth-order valence-electron chi connectivity index (χ4n) is 2.08. The average molecular weight is 198 g/mol. The van der Waals surface area contributed by atoms with Crippen LogP contribution in [0.3, 0.4) is 0 Å². The molecule has 1 rings (SSSR count). The van der Waals surface area contributed by atoms with Crippen LogP contribution >= 0.6 is 0 Å². The lowest BCUT2D eigenvalue weighted by Crippen LogP contribution is -2.52. The summed E-state index contributed by atoms with van der Waals surface area (Å²) in [5.74, 6) is 0.145. The van der Waals surface area contributed by atoms with Crippen molar-refractivity contribution in [1.82, 2.24) is 5.32 Å². The molecule has 3 heteroatoms. The van der Waals surface area contributed by atoms with E-state index in [0.29, 0.717) is 0 Å². The van der Waals surface area contributed by atoms with Crippen LogP contribution in [-0.4, -0.2) is 18.5 Å². The summed E-state index contributed by atoms with van der Waals surface area (Å²) in [6, 6.07) is 0.0353. The summed E-state index contributed by atoms with van der Waals surface area (Å²) in [4.78, 5) is 11.9. The maximum atomic E-state index is 11.9. The first-order valence-electron chi connectivity index (χ1n) is 5.65. The van der Waals surface area contributed by atoms with E-state index < -0.39 is 0 Å². The van der Waals surface area contributed by atoms with Crippen molar-refractivity contribution in [3.05, 3.63) is 0 Å².